The fourth-order valence-corrected chi connectivity index (χ4v) is 3.13. The molecule has 3 aromatic heterocycles. The first kappa shape index (κ1) is 13.2. The predicted molar refractivity (Wildman–Crippen MR) is 88.8 cm³/mol. The van der Waals surface area contributed by atoms with Gasteiger partial charge in [0, 0.05) is 48.3 Å². The van der Waals surface area contributed by atoms with Gasteiger partial charge in [-0.25, -0.2) is 4.98 Å². The minimum atomic E-state index is 0.956. The summed E-state index contributed by atoms with van der Waals surface area (Å²) in [5.41, 5.74) is 4.32. The van der Waals surface area contributed by atoms with E-state index in [1.165, 1.54) is 30.3 Å². The van der Waals surface area contributed by atoms with Crippen molar-refractivity contribution >= 4 is 16.6 Å². The van der Waals surface area contributed by atoms with E-state index in [4.69, 9.17) is 4.98 Å². The van der Waals surface area contributed by atoms with Crippen molar-refractivity contribution < 1.29 is 0 Å². The Morgan fingerprint density at radius 3 is 2.45 bits per heavy atom. The Balaban J connectivity index is 1.89. The summed E-state index contributed by atoms with van der Waals surface area (Å²) in [4.78, 5) is 15.6. The first-order valence-corrected chi connectivity index (χ1v) is 7.82. The smallest absolute Gasteiger partial charge is 0.0913 e. The van der Waals surface area contributed by atoms with Crippen LogP contribution in [0.3, 0.4) is 0 Å². The normalized spacial score (nSPS) is 15.2. The molecule has 0 N–H and O–H groups in total. The summed E-state index contributed by atoms with van der Waals surface area (Å²) in [6.07, 6.45) is 11.2. The van der Waals surface area contributed by atoms with Crippen molar-refractivity contribution in [2.45, 2.75) is 19.3 Å². The summed E-state index contributed by atoms with van der Waals surface area (Å²) >= 11 is 0. The van der Waals surface area contributed by atoms with Gasteiger partial charge in [0.05, 0.1) is 17.4 Å². The largest absolute Gasteiger partial charge is 0.371 e. The molecule has 1 aliphatic rings. The van der Waals surface area contributed by atoms with E-state index in [1.807, 2.05) is 36.9 Å². The van der Waals surface area contributed by atoms with Gasteiger partial charge in [-0.3, -0.25) is 9.97 Å². The minimum absolute atomic E-state index is 0.956. The first-order valence-electron chi connectivity index (χ1n) is 7.82. The molecule has 0 aromatic carbocycles. The van der Waals surface area contributed by atoms with E-state index in [-0.39, 0.29) is 0 Å². The highest BCUT2D eigenvalue weighted by molar-refractivity contribution is 5.93. The van der Waals surface area contributed by atoms with Gasteiger partial charge in [-0.1, -0.05) is 0 Å². The van der Waals surface area contributed by atoms with Gasteiger partial charge in [0.1, 0.15) is 0 Å². The molecule has 0 aliphatic carbocycles. The molecule has 0 spiro atoms. The summed E-state index contributed by atoms with van der Waals surface area (Å²) in [6.45, 7) is 2.24. The molecule has 4 heteroatoms. The van der Waals surface area contributed by atoms with Crippen molar-refractivity contribution in [1.29, 1.82) is 0 Å². The Kier molecular flexibility index (Phi) is 3.43. The van der Waals surface area contributed by atoms with Gasteiger partial charge < -0.3 is 4.90 Å². The quantitative estimate of drug-likeness (QED) is 0.722. The lowest BCUT2D eigenvalue weighted by Crippen LogP contribution is -2.29. The number of anilines is 1. The van der Waals surface area contributed by atoms with Crippen LogP contribution < -0.4 is 4.90 Å². The zero-order valence-electron chi connectivity index (χ0n) is 12.4. The summed E-state index contributed by atoms with van der Waals surface area (Å²) in [5.74, 6) is 0. The van der Waals surface area contributed by atoms with Gasteiger partial charge in [-0.05, 0) is 43.5 Å². The maximum atomic E-state index is 4.78. The second-order valence-electron chi connectivity index (χ2n) is 5.70. The molecule has 4 rings (SSSR count). The Morgan fingerprint density at radius 2 is 1.64 bits per heavy atom. The predicted octanol–water partition coefficient (Wildman–Crippen LogP) is 3.68. The van der Waals surface area contributed by atoms with Crippen molar-refractivity contribution in [3.8, 4) is 11.3 Å². The number of pyridine rings is 3. The Morgan fingerprint density at radius 1 is 0.864 bits per heavy atom. The SMILES string of the molecule is c1cc(-c2cc(N3CCCCC3)c3ccncc3n2)ccn1. The Bertz CT molecular complexity index is 779. The van der Waals surface area contributed by atoms with Crippen molar-refractivity contribution in [2.24, 2.45) is 0 Å². The van der Waals surface area contributed by atoms with Crippen molar-refractivity contribution in [1.82, 2.24) is 15.0 Å². The van der Waals surface area contributed by atoms with Crippen LogP contribution in [0.5, 0.6) is 0 Å². The van der Waals surface area contributed by atoms with E-state index in [1.54, 1.807) is 0 Å². The molecule has 4 nitrogen and oxygen atoms in total. The average molecular weight is 290 g/mol. The topological polar surface area (TPSA) is 41.9 Å². The summed E-state index contributed by atoms with van der Waals surface area (Å²) in [7, 11) is 0. The zero-order valence-corrected chi connectivity index (χ0v) is 12.4. The van der Waals surface area contributed by atoms with Crippen LogP contribution >= 0.6 is 0 Å². The summed E-state index contributed by atoms with van der Waals surface area (Å²) in [6, 6.07) is 8.29. The Hall–Kier alpha value is -2.49. The lowest BCUT2D eigenvalue weighted by Gasteiger charge is -2.30. The zero-order chi connectivity index (χ0) is 14.8. The van der Waals surface area contributed by atoms with Crippen LogP contribution in [0.2, 0.25) is 0 Å². The molecule has 1 saturated heterocycles. The molecule has 0 amide bonds. The molecule has 0 radical (unpaired) electrons. The second kappa shape index (κ2) is 5.72. The van der Waals surface area contributed by atoms with E-state index in [0.717, 1.165) is 29.9 Å². The third-order valence-electron chi connectivity index (χ3n) is 4.26. The van der Waals surface area contributed by atoms with Crippen LogP contribution in [0.15, 0.2) is 49.1 Å². The van der Waals surface area contributed by atoms with Crippen LogP contribution in [0.25, 0.3) is 22.2 Å². The molecule has 1 aliphatic heterocycles. The summed E-state index contributed by atoms with van der Waals surface area (Å²) in [5, 5.41) is 1.19. The minimum Gasteiger partial charge on any atom is -0.371 e. The average Bonchev–Trinajstić information content (AvgIpc) is 2.62. The molecule has 110 valence electrons. The third kappa shape index (κ3) is 2.41. The number of hydrogen-bond acceptors (Lipinski definition) is 4. The van der Waals surface area contributed by atoms with E-state index >= 15 is 0 Å². The van der Waals surface area contributed by atoms with Gasteiger partial charge >= 0.3 is 0 Å². The van der Waals surface area contributed by atoms with Crippen LogP contribution in [-0.2, 0) is 0 Å². The standard InChI is InChI=1S/C18H18N4/c1-2-10-22(11-3-1)18-12-16(14-4-7-19-8-5-14)21-17-13-20-9-6-15(17)18/h4-9,12-13H,1-3,10-11H2. The number of fused-ring (bicyclic) bond motifs is 1. The van der Waals surface area contributed by atoms with Crippen LogP contribution in [0.4, 0.5) is 5.69 Å². The molecule has 0 saturated carbocycles. The molecule has 1 fully saturated rings. The molecule has 3 aromatic rings. The van der Waals surface area contributed by atoms with Crippen LogP contribution in [0.1, 0.15) is 19.3 Å². The maximum Gasteiger partial charge on any atom is 0.0913 e. The monoisotopic (exact) mass is 290 g/mol. The van der Waals surface area contributed by atoms with Gasteiger partial charge in [-0.15, -0.1) is 0 Å². The highest BCUT2D eigenvalue weighted by Crippen LogP contribution is 2.31. The molecule has 4 heterocycles. The van der Waals surface area contributed by atoms with E-state index in [0.29, 0.717) is 0 Å². The van der Waals surface area contributed by atoms with Gasteiger partial charge in [0.2, 0.25) is 0 Å². The van der Waals surface area contributed by atoms with Gasteiger partial charge in [0.25, 0.3) is 0 Å². The fraction of sp³-hybridized carbons (Fsp3) is 0.278. The molecule has 22 heavy (non-hydrogen) atoms. The molecule has 0 unspecified atom stereocenters. The molecular weight excluding hydrogens is 272 g/mol. The van der Waals surface area contributed by atoms with E-state index in [9.17, 15) is 0 Å². The van der Waals surface area contributed by atoms with Crippen molar-refractivity contribution in [3.63, 3.8) is 0 Å². The fourth-order valence-electron chi connectivity index (χ4n) is 3.13. The highest BCUT2D eigenvalue weighted by atomic mass is 15.1. The van der Waals surface area contributed by atoms with E-state index < -0.39 is 0 Å². The van der Waals surface area contributed by atoms with Gasteiger partial charge in [-0.2, -0.15) is 0 Å². The number of hydrogen-bond donors (Lipinski definition) is 0. The lowest BCUT2D eigenvalue weighted by atomic mass is 10.1. The maximum absolute atomic E-state index is 4.78. The van der Waals surface area contributed by atoms with Gasteiger partial charge in [0.15, 0.2) is 0 Å². The van der Waals surface area contributed by atoms with Crippen LogP contribution in [0, 0.1) is 0 Å². The third-order valence-corrected chi connectivity index (χ3v) is 4.26. The summed E-state index contributed by atoms with van der Waals surface area (Å²) < 4.78 is 0. The second-order valence-corrected chi connectivity index (χ2v) is 5.70. The van der Waals surface area contributed by atoms with E-state index in [2.05, 4.69) is 27.0 Å². The van der Waals surface area contributed by atoms with Crippen molar-refractivity contribution in [2.75, 3.05) is 18.0 Å². The molecular formula is C18H18N4. The lowest BCUT2D eigenvalue weighted by molar-refractivity contribution is 0.579. The number of nitrogens with zero attached hydrogens (tertiary/aromatic N) is 4. The number of aromatic nitrogens is 3. The highest BCUT2D eigenvalue weighted by Gasteiger charge is 2.16. The first-order chi connectivity index (χ1) is 10.9. The molecule has 0 bridgehead atoms. The Labute approximate surface area is 129 Å². The molecule has 0 atom stereocenters. The van der Waals surface area contributed by atoms with Crippen LogP contribution in [-0.4, -0.2) is 28.0 Å². The van der Waals surface area contributed by atoms with Crippen molar-refractivity contribution in [3.05, 3.63) is 49.1 Å². The number of rotatable bonds is 2. The number of piperidine rings is 1.